The SMILES string of the molecule is ONC=Cc1[nH]c2ccccc2c1-c1ccccc1. The molecule has 0 unspecified atom stereocenters. The number of hydrogen-bond acceptors (Lipinski definition) is 2. The standard InChI is InChI=1S/C16H14N2O/c19-17-11-10-15-16(12-6-2-1-3-7-12)13-8-4-5-9-14(13)18-15/h1-11,17-19H. The predicted molar refractivity (Wildman–Crippen MR) is 77.7 cm³/mol. The maximum atomic E-state index is 8.71. The Morgan fingerprint density at radius 2 is 1.68 bits per heavy atom. The minimum atomic E-state index is 0.967. The van der Waals surface area contributed by atoms with E-state index in [4.69, 9.17) is 5.21 Å². The third-order valence-corrected chi connectivity index (χ3v) is 3.12. The van der Waals surface area contributed by atoms with Crippen molar-refractivity contribution >= 4 is 17.0 Å². The van der Waals surface area contributed by atoms with Crippen LogP contribution in [-0.2, 0) is 0 Å². The van der Waals surface area contributed by atoms with E-state index in [1.165, 1.54) is 11.6 Å². The molecule has 0 aliphatic heterocycles. The largest absolute Gasteiger partial charge is 0.354 e. The van der Waals surface area contributed by atoms with Gasteiger partial charge >= 0.3 is 0 Å². The molecule has 3 N–H and O–H groups in total. The molecule has 0 spiro atoms. The summed E-state index contributed by atoms with van der Waals surface area (Å²) < 4.78 is 0. The summed E-state index contributed by atoms with van der Waals surface area (Å²) in [6.45, 7) is 0. The highest BCUT2D eigenvalue weighted by molar-refractivity contribution is 6.00. The summed E-state index contributed by atoms with van der Waals surface area (Å²) in [7, 11) is 0. The van der Waals surface area contributed by atoms with Crippen molar-refractivity contribution in [1.82, 2.24) is 10.5 Å². The van der Waals surface area contributed by atoms with E-state index in [0.717, 1.165) is 22.3 Å². The third kappa shape index (κ3) is 2.11. The molecular formula is C16H14N2O. The van der Waals surface area contributed by atoms with E-state index in [1.807, 2.05) is 48.0 Å². The highest BCUT2D eigenvalue weighted by atomic mass is 16.5. The molecule has 3 aromatic rings. The molecule has 0 saturated heterocycles. The Morgan fingerprint density at radius 1 is 0.947 bits per heavy atom. The molecule has 0 saturated carbocycles. The second-order valence-corrected chi connectivity index (χ2v) is 4.29. The van der Waals surface area contributed by atoms with Crippen LogP contribution in [0.15, 0.2) is 60.8 Å². The van der Waals surface area contributed by atoms with Crippen LogP contribution in [0, 0.1) is 0 Å². The number of fused-ring (bicyclic) bond motifs is 1. The van der Waals surface area contributed by atoms with Crippen LogP contribution in [0.2, 0.25) is 0 Å². The van der Waals surface area contributed by atoms with Crippen molar-refractivity contribution in [2.45, 2.75) is 0 Å². The first kappa shape index (κ1) is 11.6. The van der Waals surface area contributed by atoms with Crippen LogP contribution >= 0.6 is 0 Å². The number of aromatic nitrogens is 1. The lowest BCUT2D eigenvalue weighted by Crippen LogP contribution is -1.92. The number of aromatic amines is 1. The van der Waals surface area contributed by atoms with Crippen molar-refractivity contribution in [1.29, 1.82) is 0 Å². The summed E-state index contributed by atoms with van der Waals surface area (Å²) >= 11 is 0. The maximum absolute atomic E-state index is 8.71. The van der Waals surface area contributed by atoms with E-state index < -0.39 is 0 Å². The van der Waals surface area contributed by atoms with Gasteiger partial charge in [-0.05, 0) is 17.7 Å². The fourth-order valence-electron chi connectivity index (χ4n) is 2.32. The predicted octanol–water partition coefficient (Wildman–Crippen LogP) is 3.78. The Kier molecular flexibility index (Phi) is 3.04. The van der Waals surface area contributed by atoms with E-state index in [0.29, 0.717) is 0 Å². The molecule has 0 radical (unpaired) electrons. The number of hydrogen-bond donors (Lipinski definition) is 3. The number of rotatable bonds is 3. The van der Waals surface area contributed by atoms with Crippen molar-refractivity contribution in [3.05, 3.63) is 66.5 Å². The molecule has 2 aromatic carbocycles. The second-order valence-electron chi connectivity index (χ2n) is 4.29. The van der Waals surface area contributed by atoms with Gasteiger partial charge < -0.3 is 4.98 Å². The second kappa shape index (κ2) is 5.00. The van der Waals surface area contributed by atoms with Crippen molar-refractivity contribution in [2.75, 3.05) is 0 Å². The van der Waals surface area contributed by atoms with Crippen LogP contribution in [0.4, 0.5) is 0 Å². The topological polar surface area (TPSA) is 48.0 Å². The Labute approximate surface area is 111 Å². The van der Waals surface area contributed by atoms with E-state index in [-0.39, 0.29) is 0 Å². The first-order chi connectivity index (χ1) is 9.40. The summed E-state index contributed by atoms with van der Waals surface area (Å²) in [5.41, 5.74) is 6.38. The lowest BCUT2D eigenvalue weighted by atomic mass is 10.0. The van der Waals surface area contributed by atoms with Gasteiger partial charge in [-0.25, -0.2) is 0 Å². The summed E-state index contributed by atoms with van der Waals surface area (Å²) in [4.78, 5) is 3.36. The first-order valence-corrected chi connectivity index (χ1v) is 6.12. The average Bonchev–Trinajstić information content (AvgIpc) is 2.84. The first-order valence-electron chi connectivity index (χ1n) is 6.12. The van der Waals surface area contributed by atoms with Crippen LogP contribution in [0.3, 0.4) is 0 Å². The molecule has 0 aliphatic carbocycles. The van der Waals surface area contributed by atoms with E-state index >= 15 is 0 Å². The van der Waals surface area contributed by atoms with Gasteiger partial charge in [-0.1, -0.05) is 48.5 Å². The van der Waals surface area contributed by atoms with E-state index in [2.05, 4.69) is 23.2 Å². The summed E-state index contributed by atoms with van der Waals surface area (Å²) in [5, 5.41) is 9.89. The number of H-pyrrole nitrogens is 1. The zero-order chi connectivity index (χ0) is 13.1. The lowest BCUT2D eigenvalue weighted by Gasteiger charge is -2.01. The molecule has 0 aliphatic rings. The van der Waals surface area contributed by atoms with E-state index in [9.17, 15) is 0 Å². The highest BCUT2D eigenvalue weighted by Crippen LogP contribution is 2.32. The van der Waals surface area contributed by atoms with Crippen LogP contribution in [0.1, 0.15) is 5.69 Å². The van der Waals surface area contributed by atoms with Gasteiger partial charge in [0.25, 0.3) is 0 Å². The molecule has 0 atom stereocenters. The van der Waals surface area contributed by atoms with Gasteiger partial charge in [0.1, 0.15) is 0 Å². The normalized spacial score (nSPS) is 11.2. The minimum Gasteiger partial charge on any atom is -0.354 e. The van der Waals surface area contributed by atoms with Crippen molar-refractivity contribution in [3.8, 4) is 11.1 Å². The zero-order valence-corrected chi connectivity index (χ0v) is 10.3. The molecule has 3 nitrogen and oxygen atoms in total. The molecule has 0 fully saturated rings. The van der Waals surface area contributed by atoms with Crippen LogP contribution in [0.5, 0.6) is 0 Å². The fraction of sp³-hybridized carbons (Fsp3) is 0. The third-order valence-electron chi connectivity index (χ3n) is 3.12. The molecular weight excluding hydrogens is 236 g/mol. The smallest absolute Gasteiger partial charge is 0.0486 e. The van der Waals surface area contributed by atoms with Gasteiger partial charge in [0.2, 0.25) is 0 Å². The monoisotopic (exact) mass is 250 g/mol. The van der Waals surface area contributed by atoms with Gasteiger partial charge in [-0.2, -0.15) is 0 Å². The van der Waals surface area contributed by atoms with Crippen molar-refractivity contribution in [3.63, 3.8) is 0 Å². The summed E-state index contributed by atoms with van der Waals surface area (Å²) in [6, 6.07) is 18.4. The molecule has 1 heterocycles. The summed E-state index contributed by atoms with van der Waals surface area (Å²) in [6.07, 6.45) is 3.32. The summed E-state index contributed by atoms with van der Waals surface area (Å²) in [5.74, 6) is 0. The zero-order valence-electron chi connectivity index (χ0n) is 10.3. The number of para-hydroxylation sites is 1. The molecule has 94 valence electrons. The fourth-order valence-corrected chi connectivity index (χ4v) is 2.32. The van der Waals surface area contributed by atoms with Gasteiger partial charge in [-0.3, -0.25) is 10.7 Å². The van der Waals surface area contributed by atoms with Crippen LogP contribution in [-0.4, -0.2) is 10.2 Å². The molecule has 19 heavy (non-hydrogen) atoms. The van der Waals surface area contributed by atoms with Crippen LogP contribution in [0.25, 0.3) is 28.1 Å². The molecule has 1 aromatic heterocycles. The average molecular weight is 250 g/mol. The molecule has 0 amide bonds. The maximum Gasteiger partial charge on any atom is 0.0486 e. The molecule has 3 rings (SSSR count). The number of benzene rings is 2. The van der Waals surface area contributed by atoms with Crippen molar-refractivity contribution < 1.29 is 5.21 Å². The number of hydroxylamine groups is 1. The molecule has 3 heteroatoms. The lowest BCUT2D eigenvalue weighted by molar-refractivity contribution is 0.215. The number of nitrogens with one attached hydrogen (secondary N) is 2. The Morgan fingerprint density at radius 3 is 2.47 bits per heavy atom. The van der Waals surface area contributed by atoms with E-state index in [1.54, 1.807) is 0 Å². The minimum absolute atomic E-state index is 0.967. The van der Waals surface area contributed by atoms with Gasteiger partial charge in [0.05, 0.1) is 0 Å². The highest BCUT2D eigenvalue weighted by Gasteiger charge is 2.10. The Hall–Kier alpha value is -2.52. The van der Waals surface area contributed by atoms with Gasteiger partial charge in [-0.15, -0.1) is 0 Å². The van der Waals surface area contributed by atoms with Crippen molar-refractivity contribution in [2.24, 2.45) is 0 Å². The van der Waals surface area contributed by atoms with Gasteiger partial charge in [0, 0.05) is 28.4 Å². The van der Waals surface area contributed by atoms with Gasteiger partial charge in [0.15, 0.2) is 0 Å². The quantitative estimate of drug-likeness (QED) is 0.619. The Bertz CT molecular complexity index is 714. The Balaban J connectivity index is 2.27. The molecule has 0 bridgehead atoms. The van der Waals surface area contributed by atoms with Crippen LogP contribution < -0.4 is 5.48 Å².